The van der Waals surface area contributed by atoms with E-state index in [1.807, 2.05) is 26.0 Å². The average Bonchev–Trinajstić information content (AvgIpc) is 3.08. The van der Waals surface area contributed by atoms with Gasteiger partial charge in [-0.1, -0.05) is 55.9 Å². The summed E-state index contributed by atoms with van der Waals surface area (Å²) in [4.78, 5) is 12.4. The molecule has 6 heteroatoms. The van der Waals surface area contributed by atoms with Crippen molar-refractivity contribution in [3.63, 3.8) is 0 Å². The van der Waals surface area contributed by atoms with Gasteiger partial charge in [-0.05, 0) is 55.5 Å². The van der Waals surface area contributed by atoms with Gasteiger partial charge in [0.25, 0.3) is 0 Å². The van der Waals surface area contributed by atoms with E-state index in [2.05, 4.69) is 71.2 Å². The van der Waals surface area contributed by atoms with Crippen molar-refractivity contribution in [1.29, 1.82) is 0 Å². The molecule has 0 fully saturated rings. The molecule has 0 aliphatic heterocycles. The number of carbonyl (C=O) groups excluding carboxylic acids is 1. The summed E-state index contributed by atoms with van der Waals surface area (Å²) < 4.78 is 2.05. The summed E-state index contributed by atoms with van der Waals surface area (Å²) in [7, 11) is 0. The molecule has 0 atom stereocenters. The quantitative estimate of drug-likeness (QED) is 0.529. The van der Waals surface area contributed by atoms with Crippen LogP contribution in [0.15, 0.2) is 47.6 Å². The Bertz CT molecular complexity index is 972. The monoisotopic (exact) mass is 408 g/mol. The number of amides is 1. The molecule has 3 rings (SSSR count). The smallest absolute Gasteiger partial charge is 0.234 e. The lowest BCUT2D eigenvalue weighted by molar-refractivity contribution is -0.113. The van der Waals surface area contributed by atoms with E-state index in [4.69, 9.17) is 0 Å². The highest BCUT2D eigenvalue weighted by molar-refractivity contribution is 7.99. The third kappa shape index (κ3) is 5.26. The fourth-order valence-corrected chi connectivity index (χ4v) is 4.09. The van der Waals surface area contributed by atoms with E-state index < -0.39 is 0 Å². The van der Waals surface area contributed by atoms with Crippen LogP contribution in [0.25, 0.3) is 11.4 Å². The average molecular weight is 409 g/mol. The minimum absolute atomic E-state index is 0.0477. The molecular formula is C23H28N4OS. The van der Waals surface area contributed by atoms with Crippen molar-refractivity contribution in [1.82, 2.24) is 14.8 Å². The van der Waals surface area contributed by atoms with Gasteiger partial charge in [0, 0.05) is 17.8 Å². The van der Waals surface area contributed by atoms with E-state index in [-0.39, 0.29) is 11.7 Å². The first-order valence-corrected chi connectivity index (χ1v) is 10.9. The molecule has 5 nitrogen and oxygen atoms in total. The van der Waals surface area contributed by atoms with Gasteiger partial charge >= 0.3 is 0 Å². The molecule has 2 aromatic carbocycles. The standard InChI is InChI=1S/C23H28N4OS/c1-6-27-22(19-9-7-18(8-10-19)15(2)3)25-26-23(27)29-14-21(28)24-20-12-16(4)11-17(5)13-20/h7-13,15H,6,14H2,1-5H3,(H,24,28). The van der Waals surface area contributed by atoms with Crippen LogP contribution in [0.2, 0.25) is 0 Å². The van der Waals surface area contributed by atoms with Gasteiger partial charge in [-0.25, -0.2) is 0 Å². The molecule has 3 aromatic rings. The first-order valence-electron chi connectivity index (χ1n) is 9.92. The molecule has 0 bridgehead atoms. The van der Waals surface area contributed by atoms with Crippen LogP contribution in [0.5, 0.6) is 0 Å². The van der Waals surface area contributed by atoms with Crippen LogP contribution in [-0.2, 0) is 11.3 Å². The fraction of sp³-hybridized carbons (Fsp3) is 0.348. The predicted octanol–water partition coefficient (Wildman–Crippen LogP) is 5.44. The molecule has 0 saturated heterocycles. The third-order valence-electron chi connectivity index (χ3n) is 4.71. The summed E-state index contributed by atoms with van der Waals surface area (Å²) in [5.74, 6) is 1.57. The molecule has 0 aliphatic carbocycles. The van der Waals surface area contributed by atoms with Crippen molar-refractivity contribution in [2.24, 2.45) is 0 Å². The van der Waals surface area contributed by atoms with E-state index in [1.54, 1.807) is 0 Å². The number of hydrogen-bond acceptors (Lipinski definition) is 4. The zero-order valence-electron chi connectivity index (χ0n) is 17.7. The summed E-state index contributed by atoms with van der Waals surface area (Å²) in [6, 6.07) is 14.5. The number of rotatable bonds is 7. The van der Waals surface area contributed by atoms with Crippen LogP contribution in [0, 0.1) is 13.8 Å². The third-order valence-corrected chi connectivity index (χ3v) is 5.67. The number of hydrogen-bond donors (Lipinski definition) is 1. The number of thioether (sulfide) groups is 1. The van der Waals surface area contributed by atoms with Crippen LogP contribution in [0.4, 0.5) is 5.69 Å². The van der Waals surface area contributed by atoms with Gasteiger partial charge in [-0.15, -0.1) is 10.2 Å². The fourth-order valence-electron chi connectivity index (χ4n) is 3.29. The van der Waals surface area contributed by atoms with Crippen LogP contribution in [-0.4, -0.2) is 26.4 Å². The summed E-state index contributed by atoms with van der Waals surface area (Å²) in [5, 5.41) is 12.4. The van der Waals surface area contributed by atoms with Gasteiger partial charge in [0.2, 0.25) is 5.91 Å². The highest BCUT2D eigenvalue weighted by Crippen LogP contribution is 2.26. The van der Waals surface area contributed by atoms with Crippen molar-refractivity contribution in [3.05, 3.63) is 59.2 Å². The van der Waals surface area contributed by atoms with Crippen LogP contribution < -0.4 is 5.32 Å². The molecule has 0 spiro atoms. The number of aryl methyl sites for hydroxylation is 2. The first kappa shape index (κ1) is 21.1. The van der Waals surface area contributed by atoms with E-state index in [0.717, 1.165) is 39.9 Å². The first-order chi connectivity index (χ1) is 13.9. The Morgan fingerprint density at radius 2 is 1.72 bits per heavy atom. The lowest BCUT2D eigenvalue weighted by Crippen LogP contribution is -2.15. The largest absolute Gasteiger partial charge is 0.325 e. The van der Waals surface area contributed by atoms with Crippen LogP contribution in [0.3, 0.4) is 0 Å². The Morgan fingerprint density at radius 3 is 2.31 bits per heavy atom. The lowest BCUT2D eigenvalue weighted by Gasteiger charge is -2.10. The highest BCUT2D eigenvalue weighted by Gasteiger charge is 2.15. The van der Waals surface area contributed by atoms with E-state index >= 15 is 0 Å². The van der Waals surface area contributed by atoms with Crippen molar-refractivity contribution in [2.75, 3.05) is 11.1 Å². The SMILES string of the molecule is CCn1c(SCC(=O)Nc2cc(C)cc(C)c2)nnc1-c1ccc(C(C)C)cc1. The van der Waals surface area contributed by atoms with Crippen molar-refractivity contribution < 1.29 is 4.79 Å². The van der Waals surface area contributed by atoms with Gasteiger partial charge in [-0.3, -0.25) is 4.79 Å². The molecule has 1 heterocycles. The van der Waals surface area contributed by atoms with Crippen molar-refractivity contribution in [2.45, 2.75) is 52.2 Å². The Kier molecular flexibility index (Phi) is 6.75. The predicted molar refractivity (Wildman–Crippen MR) is 120 cm³/mol. The van der Waals surface area contributed by atoms with Crippen LogP contribution >= 0.6 is 11.8 Å². The Hall–Kier alpha value is -2.60. The molecule has 0 saturated carbocycles. The van der Waals surface area contributed by atoms with Gasteiger partial charge in [0.15, 0.2) is 11.0 Å². The second kappa shape index (κ2) is 9.27. The Balaban J connectivity index is 1.69. The normalized spacial score (nSPS) is 11.1. The number of benzene rings is 2. The second-order valence-corrected chi connectivity index (χ2v) is 8.48. The summed E-state index contributed by atoms with van der Waals surface area (Å²) >= 11 is 1.41. The summed E-state index contributed by atoms with van der Waals surface area (Å²) in [5.41, 5.74) is 5.43. The van der Waals surface area contributed by atoms with Gasteiger partial charge in [0.05, 0.1) is 5.75 Å². The molecule has 0 aliphatic rings. The zero-order valence-corrected chi connectivity index (χ0v) is 18.5. The Morgan fingerprint density at radius 1 is 1.07 bits per heavy atom. The minimum atomic E-state index is -0.0477. The number of nitrogens with one attached hydrogen (secondary N) is 1. The molecule has 152 valence electrons. The Labute approximate surface area is 176 Å². The lowest BCUT2D eigenvalue weighted by atomic mass is 10.0. The minimum Gasteiger partial charge on any atom is -0.325 e. The number of aromatic nitrogens is 3. The summed E-state index contributed by atoms with van der Waals surface area (Å²) in [6.07, 6.45) is 0. The molecule has 1 N–H and O–H groups in total. The highest BCUT2D eigenvalue weighted by atomic mass is 32.2. The molecule has 29 heavy (non-hydrogen) atoms. The maximum Gasteiger partial charge on any atom is 0.234 e. The van der Waals surface area contributed by atoms with Crippen molar-refractivity contribution >= 4 is 23.4 Å². The second-order valence-electron chi connectivity index (χ2n) is 7.54. The van der Waals surface area contributed by atoms with E-state index in [0.29, 0.717) is 5.92 Å². The van der Waals surface area contributed by atoms with E-state index in [9.17, 15) is 4.79 Å². The van der Waals surface area contributed by atoms with Gasteiger partial charge in [-0.2, -0.15) is 0 Å². The molecule has 1 aromatic heterocycles. The van der Waals surface area contributed by atoms with Gasteiger partial charge < -0.3 is 9.88 Å². The number of anilines is 1. The van der Waals surface area contributed by atoms with Crippen molar-refractivity contribution in [3.8, 4) is 11.4 Å². The van der Waals surface area contributed by atoms with E-state index in [1.165, 1.54) is 17.3 Å². The molecule has 0 radical (unpaired) electrons. The number of carbonyl (C=O) groups is 1. The topological polar surface area (TPSA) is 59.8 Å². The summed E-state index contributed by atoms with van der Waals surface area (Å²) in [6.45, 7) is 11.2. The maximum absolute atomic E-state index is 12.4. The number of nitrogens with zero attached hydrogens (tertiary/aromatic N) is 3. The maximum atomic E-state index is 12.4. The van der Waals surface area contributed by atoms with Crippen LogP contribution in [0.1, 0.15) is 43.4 Å². The van der Waals surface area contributed by atoms with Gasteiger partial charge in [0.1, 0.15) is 0 Å². The molecule has 0 unspecified atom stereocenters. The molecule has 1 amide bonds. The molecular weight excluding hydrogens is 380 g/mol. The zero-order chi connectivity index (χ0) is 21.0.